The molecule has 0 spiro atoms. The number of fused-ring (bicyclic) bond motifs is 1. The zero-order valence-electron chi connectivity index (χ0n) is 16.0. The lowest BCUT2D eigenvalue weighted by Gasteiger charge is -2.44. The minimum absolute atomic E-state index is 0.0520. The standard InChI is InChI=1S/C20H31N3O4/c1-2-7-22-20(25)10-17-3-4-18-19(27-17)14-26-13-16(24)12-23(18)11-15-5-8-21-9-6-15/h5-6,8-9,16-19,24H,2-4,7,10-14H2,1H3,(H,22,25)/t16-,17-,18-,19+/m1/s1. The number of β-amino-alcohol motifs (C(OH)–C–C–N with tert-alkyl or cyclic N) is 1. The van der Waals surface area contributed by atoms with Crippen molar-refractivity contribution in [3.05, 3.63) is 30.1 Å². The molecule has 2 aliphatic rings. The van der Waals surface area contributed by atoms with E-state index >= 15 is 0 Å². The first-order valence-electron chi connectivity index (χ1n) is 9.96. The van der Waals surface area contributed by atoms with E-state index in [9.17, 15) is 9.90 Å². The van der Waals surface area contributed by atoms with E-state index < -0.39 is 6.10 Å². The zero-order chi connectivity index (χ0) is 19.1. The Kier molecular flexibility index (Phi) is 7.58. The third-order valence-corrected chi connectivity index (χ3v) is 5.21. The molecule has 0 saturated carbocycles. The fraction of sp³-hybridized carbons (Fsp3) is 0.700. The normalized spacial score (nSPS) is 29.4. The topological polar surface area (TPSA) is 83.9 Å². The van der Waals surface area contributed by atoms with E-state index in [1.54, 1.807) is 12.4 Å². The molecule has 1 aromatic heterocycles. The zero-order valence-corrected chi connectivity index (χ0v) is 16.0. The third kappa shape index (κ3) is 5.97. The summed E-state index contributed by atoms with van der Waals surface area (Å²) in [7, 11) is 0. The largest absolute Gasteiger partial charge is 0.389 e. The van der Waals surface area contributed by atoms with Gasteiger partial charge in [-0.3, -0.25) is 14.7 Å². The lowest BCUT2D eigenvalue weighted by molar-refractivity contribution is -0.158. The average Bonchev–Trinajstić information content (AvgIpc) is 2.66. The van der Waals surface area contributed by atoms with Gasteiger partial charge in [-0.1, -0.05) is 6.92 Å². The summed E-state index contributed by atoms with van der Waals surface area (Å²) in [5, 5.41) is 13.2. The molecule has 2 N–H and O–H groups in total. The highest BCUT2D eigenvalue weighted by atomic mass is 16.5. The number of aliphatic hydroxyl groups is 1. The van der Waals surface area contributed by atoms with E-state index in [0.717, 1.165) is 25.8 Å². The molecular weight excluding hydrogens is 346 g/mol. The lowest BCUT2D eigenvalue weighted by atomic mass is 9.94. The Hall–Kier alpha value is -1.54. The first kappa shape index (κ1) is 20.2. The van der Waals surface area contributed by atoms with E-state index in [1.165, 1.54) is 5.56 Å². The number of pyridine rings is 1. The first-order valence-corrected chi connectivity index (χ1v) is 9.96. The minimum atomic E-state index is -0.509. The van der Waals surface area contributed by atoms with Gasteiger partial charge in [-0.25, -0.2) is 0 Å². The van der Waals surface area contributed by atoms with Crippen molar-refractivity contribution in [3.8, 4) is 0 Å². The highest BCUT2D eigenvalue weighted by Crippen LogP contribution is 2.28. The maximum absolute atomic E-state index is 12.0. The van der Waals surface area contributed by atoms with Crippen LogP contribution in [0.2, 0.25) is 0 Å². The molecule has 0 radical (unpaired) electrons. The van der Waals surface area contributed by atoms with Crippen LogP contribution < -0.4 is 5.32 Å². The van der Waals surface area contributed by atoms with Crippen LogP contribution in [-0.2, 0) is 20.8 Å². The van der Waals surface area contributed by atoms with Crippen LogP contribution in [0, 0.1) is 0 Å². The highest BCUT2D eigenvalue weighted by Gasteiger charge is 2.37. The first-order chi connectivity index (χ1) is 13.2. The second-order valence-electron chi connectivity index (χ2n) is 7.47. The van der Waals surface area contributed by atoms with Crippen LogP contribution >= 0.6 is 0 Å². The molecule has 2 saturated heterocycles. The van der Waals surface area contributed by atoms with Gasteiger partial charge in [0.2, 0.25) is 5.91 Å². The van der Waals surface area contributed by atoms with Crippen LogP contribution in [0.5, 0.6) is 0 Å². The molecule has 0 bridgehead atoms. The number of hydrogen-bond donors (Lipinski definition) is 2. The van der Waals surface area contributed by atoms with Crippen LogP contribution in [0.4, 0.5) is 0 Å². The molecule has 1 aromatic rings. The van der Waals surface area contributed by atoms with Gasteiger partial charge >= 0.3 is 0 Å². The molecule has 2 aliphatic heterocycles. The maximum Gasteiger partial charge on any atom is 0.222 e. The molecule has 0 aromatic carbocycles. The predicted molar refractivity (Wildman–Crippen MR) is 101 cm³/mol. The second kappa shape index (κ2) is 10.1. The fourth-order valence-electron chi connectivity index (χ4n) is 3.89. The Morgan fingerprint density at radius 3 is 2.93 bits per heavy atom. The van der Waals surface area contributed by atoms with Crippen LogP contribution in [-0.4, -0.2) is 71.6 Å². The van der Waals surface area contributed by atoms with Gasteiger partial charge in [0.25, 0.3) is 0 Å². The van der Waals surface area contributed by atoms with Gasteiger partial charge in [-0.2, -0.15) is 0 Å². The molecule has 7 nitrogen and oxygen atoms in total. The van der Waals surface area contributed by atoms with Gasteiger partial charge in [0.05, 0.1) is 37.9 Å². The lowest BCUT2D eigenvalue weighted by Crippen LogP contribution is -2.55. The Labute approximate surface area is 161 Å². The number of rotatable bonds is 6. The van der Waals surface area contributed by atoms with E-state index in [2.05, 4.69) is 15.2 Å². The van der Waals surface area contributed by atoms with Gasteiger partial charge in [-0.15, -0.1) is 0 Å². The summed E-state index contributed by atoms with van der Waals surface area (Å²) in [5.41, 5.74) is 1.17. The number of carbonyl (C=O) groups excluding carboxylic acids is 1. The van der Waals surface area contributed by atoms with Crippen LogP contribution in [0.1, 0.15) is 38.2 Å². The highest BCUT2D eigenvalue weighted by molar-refractivity contribution is 5.76. The number of amides is 1. The summed E-state index contributed by atoms with van der Waals surface area (Å²) in [6.45, 7) is 4.79. The predicted octanol–water partition coefficient (Wildman–Crippen LogP) is 1.11. The van der Waals surface area contributed by atoms with Crippen LogP contribution in [0.3, 0.4) is 0 Å². The number of ether oxygens (including phenoxy) is 2. The molecule has 27 heavy (non-hydrogen) atoms. The van der Waals surface area contributed by atoms with Crippen molar-refractivity contribution in [1.82, 2.24) is 15.2 Å². The van der Waals surface area contributed by atoms with E-state index in [1.807, 2.05) is 19.1 Å². The van der Waals surface area contributed by atoms with Gasteiger partial charge in [0.15, 0.2) is 0 Å². The SMILES string of the molecule is CCCNC(=O)C[C@H]1CC[C@@H]2[C@H](COC[C@H](O)CN2Cc2ccncc2)O1. The van der Waals surface area contributed by atoms with Gasteiger partial charge in [0.1, 0.15) is 0 Å². The quantitative estimate of drug-likeness (QED) is 0.773. The second-order valence-corrected chi connectivity index (χ2v) is 7.47. The molecule has 2 fully saturated rings. The van der Waals surface area contributed by atoms with Crippen molar-refractivity contribution < 1.29 is 19.4 Å². The molecule has 4 atom stereocenters. The van der Waals surface area contributed by atoms with Crippen molar-refractivity contribution in [1.29, 1.82) is 0 Å². The Morgan fingerprint density at radius 1 is 1.33 bits per heavy atom. The molecule has 150 valence electrons. The molecule has 7 heteroatoms. The number of aliphatic hydroxyl groups excluding tert-OH is 1. The molecule has 3 heterocycles. The van der Waals surface area contributed by atoms with Crippen molar-refractivity contribution >= 4 is 5.91 Å². The van der Waals surface area contributed by atoms with Gasteiger partial charge in [-0.05, 0) is 37.0 Å². The van der Waals surface area contributed by atoms with Crippen molar-refractivity contribution in [2.45, 2.75) is 63.5 Å². The van der Waals surface area contributed by atoms with Crippen molar-refractivity contribution in [3.63, 3.8) is 0 Å². The van der Waals surface area contributed by atoms with E-state index in [-0.39, 0.29) is 24.2 Å². The molecule has 0 aliphatic carbocycles. The number of carbonyl (C=O) groups is 1. The minimum Gasteiger partial charge on any atom is -0.389 e. The number of nitrogens with zero attached hydrogens (tertiary/aromatic N) is 2. The summed E-state index contributed by atoms with van der Waals surface area (Å²) in [6.07, 6.45) is 6.01. The summed E-state index contributed by atoms with van der Waals surface area (Å²) < 4.78 is 11.9. The Bertz CT molecular complexity index is 586. The monoisotopic (exact) mass is 377 g/mol. The van der Waals surface area contributed by atoms with E-state index in [0.29, 0.717) is 32.7 Å². The molecular formula is C20H31N3O4. The number of nitrogens with one attached hydrogen (secondary N) is 1. The average molecular weight is 377 g/mol. The molecule has 3 rings (SSSR count). The van der Waals surface area contributed by atoms with Gasteiger partial charge < -0.3 is 19.9 Å². The van der Waals surface area contributed by atoms with Gasteiger partial charge in [0, 0.05) is 38.1 Å². The van der Waals surface area contributed by atoms with Crippen molar-refractivity contribution in [2.75, 3.05) is 26.3 Å². The number of aromatic nitrogens is 1. The Balaban J connectivity index is 1.63. The van der Waals surface area contributed by atoms with Crippen LogP contribution in [0.25, 0.3) is 0 Å². The van der Waals surface area contributed by atoms with Crippen molar-refractivity contribution in [2.24, 2.45) is 0 Å². The van der Waals surface area contributed by atoms with Crippen LogP contribution in [0.15, 0.2) is 24.5 Å². The Morgan fingerprint density at radius 2 is 2.15 bits per heavy atom. The summed E-state index contributed by atoms with van der Waals surface area (Å²) >= 11 is 0. The van der Waals surface area contributed by atoms with E-state index in [4.69, 9.17) is 9.47 Å². The number of hydrogen-bond acceptors (Lipinski definition) is 6. The summed E-state index contributed by atoms with van der Waals surface area (Å²) in [6, 6.07) is 4.17. The maximum atomic E-state index is 12.0. The smallest absolute Gasteiger partial charge is 0.222 e. The molecule has 0 unspecified atom stereocenters. The summed E-state index contributed by atoms with van der Waals surface area (Å²) in [5.74, 6) is 0.0520. The third-order valence-electron chi connectivity index (χ3n) is 5.21. The summed E-state index contributed by atoms with van der Waals surface area (Å²) in [4.78, 5) is 18.4. The molecule has 1 amide bonds. The fourth-order valence-corrected chi connectivity index (χ4v) is 3.89.